The lowest BCUT2D eigenvalue weighted by atomic mass is 10.1. The van der Waals surface area contributed by atoms with Gasteiger partial charge in [-0.05, 0) is 30.7 Å². The zero-order valence-corrected chi connectivity index (χ0v) is 8.86. The van der Waals surface area contributed by atoms with Gasteiger partial charge in [0.05, 0.1) is 24.8 Å². The summed E-state index contributed by atoms with van der Waals surface area (Å²) in [5.74, 6) is 0. The first-order valence-corrected chi connectivity index (χ1v) is 5.15. The molecule has 1 saturated heterocycles. The zero-order chi connectivity index (χ0) is 10.7. The van der Waals surface area contributed by atoms with Gasteiger partial charge in [-0.25, -0.2) is 0 Å². The predicted molar refractivity (Wildman–Crippen MR) is 58.9 cm³/mol. The van der Waals surface area contributed by atoms with Gasteiger partial charge >= 0.3 is 0 Å². The number of hydrogen-bond acceptors (Lipinski definition) is 3. The number of morpholine rings is 1. The van der Waals surface area contributed by atoms with Crippen molar-refractivity contribution < 1.29 is 4.74 Å². The van der Waals surface area contributed by atoms with E-state index in [4.69, 9.17) is 10.00 Å². The van der Waals surface area contributed by atoms with E-state index in [1.165, 1.54) is 5.69 Å². The van der Waals surface area contributed by atoms with Crippen LogP contribution >= 0.6 is 0 Å². The summed E-state index contributed by atoms with van der Waals surface area (Å²) in [6, 6.07) is 7.99. The van der Waals surface area contributed by atoms with Crippen molar-refractivity contribution in [1.29, 1.82) is 5.26 Å². The first-order chi connectivity index (χ1) is 7.31. The monoisotopic (exact) mass is 202 g/mol. The van der Waals surface area contributed by atoms with Crippen molar-refractivity contribution in [3.63, 3.8) is 0 Å². The number of rotatable bonds is 1. The lowest BCUT2D eigenvalue weighted by Gasteiger charge is -2.30. The third kappa shape index (κ3) is 2.11. The Kier molecular flexibility index (Phi) is 2.89. The van der Waals surface area contributed by atoms with Crippen LogP contribution in [-0.2, 0) is 4.74 Å². The van der Waals surface area contributed by atoms with Crippen LogP contribution in [0, 0.1) is 18.3 Å². The van der Waals surface area contributed by atoms with E-state index >= 15 is 0 Å². The normalized spacial score (nSPS) is 16.1. The number of nitrogens with zero attached hydrogens (tertiary/aromatic N) is 2. The van der Waals surface area contributed by atoms with E-state index in [0.717, 1.165) is 37.4 Å². The van der Waals surface area contributed by atoms with Gasteiger partial charge in [0.2, 0.25) is 0 Å². The van der Waals surface area contributed by atoms with Crippen molar-refractivity contribution in [3.8, 4) is 6.07 Å². The van der Waals surface area contributed by atoms with Crippen LogP contribution in [-0.4, -0.2) is 26.3 Å². The molecule has 0 unspecified atom stereocenters. The van der Waals surface area contributed by atoms with Crippen LogP contribution in [0.2, 0.25) is 0 Å². The minimum Gasteiger partial charge on any atom is -0.378 e. The van der Waals surface area contributed by atoms with E-state index in [-0.39, 0.29) is 0 Å². The van der Waals surface area contributed by atoms with E-state index in [1.807, 2.05) is 25.1 Å². The van der Waals surface area contributed by atoms with Crippen LogP contribution in [0.4, 0.5) is 5.69 Å². The molecule has 0 aliphatic carbocycles. The molecule has 3 nitrogen and oxygen atoms in total. The summed E-state index contributed by atoms with van der Waals surface area (Å²) in [4.78, 5) is 2.31. The first-order valence-electron chi connectivity index (χ1n) is 5.15. The summed E-state index contributed by atoms with van der Waals surface area (Å²) in [7, 11) is 0. The van der Waals surface area contributed by atoms with Gasteiger partial charge in [0, 0.05) is 18.8 Å². The van der Waals surface area contributed by atoms with Gasteiger partial charge in [0.25, 0.3) is 0 Å². The highest BCUT2D eigenvalue weighted by atomic mass is 16.5. The molecule has 2 rings (SSSR count). The van der Waals surface area contributed by atoms with Gasteiger partial charge in [-0.15, -0.1) is 0 Å². The summed E-state index contributed by atoms with van der Waals surface area (Å²) >= 11 is 0. The van der Waals surface area contributed by atoms with Crippen molar-refractivity contribution in [1.82, 2.24) is 0 Å². The molecule has 1 aliphatic heterocycles. The molecule has 15 heavy (non-hydrogen) atoms. The van der Waals surface area contributed by atoms with E-state index in [1.54, 1.807) is 0 Å². The van der Waals surface area contributed by atoms with Gasteiger partial charge in [0.1, 0.15) is 0 Å². The Hall–Kier alpha value is -1.53. The summed E-state index contributed by atoms with van der Waals surface area (Å²) < 4.78 is 5.31. The molecule has 0 radical (unpaired) electrons. The quantitative estimate of drug-likeness (QED) is 0.695. The highest BCUT2D eigenvalue weighted by Gasteiger charge is 2.12. The molecule has 0 bridgehead atoms. The third-order valence-corrected chi connectivity index (χ3v) is 2.68. The van der Waals surface area contributed by atoms with Crippen LogP contribution in [0.15, 0.2) is 18.2 Å². The summed E-state index contributed by atoms with van der Waals surface area (Å²) in [5.41, 5.74) is 3.11. The maximum absolute atomic E-state index is 8.78. The molecule has 0 spiro atoms. The Labute approximate surface area is 89.9 Å². The van der Waals surface area contributed by atoms with E-state index < -0.39 is 0 Å². The first kappa shape index (κ1) is 10.0. The molecule has 0 N–H and O–H groups in total. The Morgan fingerprint density at radius 2 is 2.07 bits per heavy atom. The van der Waals surface area contributed by atoms with Gasteiger partial charge < -0.3 is 9.64 Å². The molecule has 0 atom stereocenters. The summed E-state index contributed by atoms with van der Waals surface area (Å²) in [6.45, 7) is 5.50. The molecule has 3 heteroatoms. The lowest BCUT2D eigenvalue weighted by Crippen LogP contribution is -2.36. The summed E-state index contributed by atoms with van der Waals surface area (Å²) in [5, 5.41) is 8.78. The fraction of sp³-hybridized carbons (Fsp3) is 0.417. The van der Waals surface area contributed by atoms with Crippen molar-refractivity contribution in [2.45, 2.75) is 6.92 Å². The summed E-state index contributed by atoms with van der Waals surface area (Å²) in [6.07, 6.45) is 0. The Morgan fingerprint density at radius 3 is 2.67 bits per heavy atom. The molecule has 1 aromatic carbocycles. The number of benzene rings is 1. The molecule has 0 saturated carbocycles. The Bertz CT molecular complexity index is 389. The molecule has 1 aliphatic rings. The van der Waals surface area contributed by atoms with E-state index in [0.29, 0.717) is 0 Å². The molecular formula is C12H14N2O. The van der Waals surface area contributed by atoms with Crippen LogP contribution in [0.3, 0.4) is 0 Å². The molecule has 1 heterocycles. The fourth-order valence-electron chi connectivity index (χ4n) is 1.88. The molecule has 1 fully saturated rings. The Morgan fingerprint density at radius 1 is 1.33 bits per heavy atom. The second-order valence-corrected chi connectivity index (χ2v) is 3.71. The average Bonchev–Trinajstić information content (AvgIpc) is 2.30. The molecule has 0 aromatic heterocycles. The van der Waals surface area contributed by atoms with Gasteiger partial charge in [-0.1, -0.05) is 0 Å². The SMILES string of the molecule is Cc1cc(C#N)ccc1N1CCOCC1. The maximum atomic E-state index is 8.78. The number of anilines is 1. The van der Waals surface area contributed by atoms with Crippen molar-refractivity contribution in [3.05, 3.63) is 29.3 Å². The minimum absolute atomic E-state index is 0.726. The smallest absolute Gasteiger partial charge is 0.0991 e. The van der Waals surface area contributed by atoms with Crippen molar-refractivity contribution >= 4 is 5.69 Å². The topological polar surface area (TPSA) is 36.3 Å². The van der Waals surface area contributed by atoms with Crippen LogP contribution < -0.4 is 4.90 Å². The van der Waals surface area contributed by atoms with Crippen molar-refractivity contribution in [2.75, 3.05) is 31.2 Å². The van der Waals surface area contributed by atoms with Gasteiger partial charge in [0.15, 0.2) is 0 Å². The second kappa shape index (κ2) is 4.33. The highest BCUT2D eigenvalue weighted by molar-refractivity contribution is 5.56. The van der Waals surface area contributed by atoms with E-state index in [9.17, 15) is 0 Å². The van der Waals surface area contributed by atoms with Crippen molar-refractivity contribution in [2.24, 2.45) is 0 Å². The average molecular weight is 202 g/mol. The fourth-order valence-corrected chi connectivity index (χ4v) is 1.88. The highest BCUT2D eigenvalue weighted by Crippen LogP contribution is 2.21. The number of ether oxygens (including phenoxy) is 1. The molecule has 1 aromatic rings. The predicted octanol–water partition coefficient (Wildman–Crippen LogP) is 1.70. The second-order valence-electron chi connectivity index (χ2n) is 3.71. The standard InChI is InChI=1S/C12H14N2O/c1-10-8-11(9-13)2-3-12(10)14-4-6-15-7-5-14/h2-3,8H,4-7H2,1H3. The number of hydrogen-bond donors (Lipinski definition) is 0. The van der Waals surface area contributed by atoms with Gasteiger partial charge in [-0.2, -0.15) is 5.26 Å². The maximum Gasteiger partial charge on any atom is 0.0991 e. The van der Waals surface area contributed by atoms with Crippen LogP contribution in [0.5, 0.6) is 0 Å². The Balaban J connectivity index is 2.24. The molecule has 78 valence electrons. The largest absolute Gasteiger partial charge is 0.378 e. The zero-order valence-electron chi connectivity index (χ0n) is 8.86. The van der Waals surface area contributed by atoms with Crippen LogP contribution in [0.25, 0.3) is 0 Å². The van der Waals surface area contributed by atoms with Gasteiger partial charge in [-0.3, -0.25) is 0 Å². The lowest BCUT2D eigenvalue weighted by molar-refractivity contribution is 0.122. The van der Waals surface area contributed by atoms with Crippen LogP contribution in [0.1, 0.15) is 11.1 Å². The third-order valence-electron chi connectivity index (χ3n) is 2.68. The minimum atomic E-state index is 0.726. The van der Waals surface area contributed by atoms with E-state index in [2.05, 4.69) is 11.0 Å². The number of nitriles is 1. The number of aryl methyl sites for hydroxylation is 1. The molecular weight excluding hydrogens is 188 g/mol. The molecule has 0 amide bonds.